The molecule has 0 saturated heterocycles. The van der Waals surface area contributed by atoms with Crippen LogP contribution in [0.1, 0.15) is 18.1 Å². The minimum absolute atomic E-state index is 0.0482. The molecule has 0 saturated carbocycles. The number of alkyl halides is 2. The number of anilines is 2. The molecular formula is C17H22F2N6. The third-order valence-electron chi connectivity index (χ3n) is 3.47. The molecule has 6 nitrogen and oxygen atoms in total. The number of hydrazine groups is 1. The molecular weight excluding hydrogens is 326 g/mol. The molecule has 2 aromatic rings. The number of benzene rings is 2. The first-order valence-electron chi connectivity index (χ1n) is 7.72. The quantitative estimate of drug-likeness (QED) is 0.266. The Kier molecular flexibility index (Phi) is 5.89. The van der Waals surface area contributed by atoms with Gasteiger partial charge < -0.3 is 16.8 Å². The van der Waals surface area contributed by atoms with Crippen molar-refractivity contribution >= 4 is 17.2 Å². The zero-order valence-electron chi connectivity index (χ0n) is 13.9. The van der Waals surface area contributed by atoms with Crippen LogP contribution in [-0.4, -0.2) is 24.0 Å². The first-order chi connectivity index (χ1) is 11.8. The molecule has 0 aliphatic heterocycles. The molecule has 0 bridgehead atoms. The van der Waals surface area contributed by atoms with Gasteiger partial charge in [0, 0.05) is 36.0 Å². The second-order valence-electron chi connectivity index (χ2n) is 5.57. The van der Waals surface area contributed by atoms with Crippen molar-refractivity contribution in [3.8, 4) is 0 Å². The first kappa shape index (κ1) is 18.6. The Hall–Kier alpha value is -2.71. The third-order valence-corrected chi connectivity index (χ3v) is 3.47. The van der Waals surface area contributed by atoms with Crippen LogP contribution >= 0.6 is 0 Å². The van der Waals surface area contributed by atoms with Crippen molar-refractivity contribution in [2.24, 2.45) is 22.4 Å². The van der Waals surface area contributed by atoms with Gasteiger partial charge in [-0.3, -0.25) is 0 Å². The van der Waals surface area contributed by atoms with Gasteiger partial charge >= 0.3 is 0 Å². The molecule has 0 amide bonds. The van der Waals surface area contributed by atoms with E-state index in [2.05, 4.69) is 10.4 Å². The molecule has 8 heteroatoms. The van der Waals surface area contributed by atoms with Crippen LogP contribution in [0.3, 0.4) is 0 Å². The topological polar surface area (TPSA) is 106 Å². The van der Waals surface area contributed by atoms with Crippen LogP contribution in [0, 0.1) is 0 Å². The summed E-state index contributed by atoms with van der Waals surface area (Å²) >= 11 is 0. The van der Waals surface area contributed by atoms with Gasteiger partial charge in [-0.25, -0.2) is 19.7 Å². The molecule has 25 heavy (non-hydrogen) atoms. The Bertz CT molecular complexity index is 725. The van der Waals surface area contributed by atoms with Gasteiger partial charge in [-0.15, -0.1) is 5.10 Å². The normalized spacial score (nSPS) is 12.1. The van der Waals surface area contributed by atoms with Crippen molar-refractivity contribution in [2.45, 2.75) is 12.8 Å². The fourth-order valence-corrected chi connectivity index (χ4v) is 2.19. The SMILES string of the molecule is CC(F)(F)c1ccc(Nc2ccccc2/C(N)=N/N(N)CCN)cc1. The zero-order chi connectivity index (χ0) is 18.4. The van der Waals surface area contributed by atoms with E-state index in [1.165, 1.54) is 17.3 Å². The molecule has 0 aliphatic rings. The molecule has 0 spiro atoms. The second kappa shape index (κ2) is 7.91. The molecule has 0 aromatic heterocycles. The summed E-state index contributed by atoms with van der Waals surface area (Å²) in [7, 11) is 0. The minimum atomic E-state index is -2.87. The molecule has 0 radical (unpaired) electrons. The lowest BCUT2D eigenvalue weighted by molar-refractivity contribution is 0.0175. The molecule has 2 aromatic carbocycles. The number of halogens is 2. The summed E-state index contributed by atoms with van der Waals surface area (Å²) in [4.78, 5) is 0. The zero-order valence-corrected chi connectivity index (χ0v) is 13.9. The maximum atomic E-state index is 13.3. The largest absolute Gasteiger partial charge is 0.382 e. The highest BCUT2D eigenvalue weighted by Gasteiger charge is 2.23. The van der Waals surface area contributed by atoms with E-state index in [1.54, 1.807) is 18.2 Å². The molecule has 0 unspecified atom stereocenters. The number of hydrazone groups is 1. The van der Waals surface area contributed by atoms with Gasteiger partial charge in [0.1, 0.15) is 0 Å². The lowest BCUT2D eigenvalue weighted by Crippen LogP contribution is -2.33. The summed E-state index contributed by atoms with van der Waals surface area (Å²) in [5, 5.41) is 8.39. The molecule has 7 N–H and O–H groups in total. The third kappa shape index (κ3) is 5.13. The van der Waals surface area contributed by atoms with Crippen molar-refractivity contribution in [3.05, 3.63) is 59.7 Å². The molecule has 0 fully saturated rings. The number of hydrogen-bond donors (Lipinski definition) is 4. The Morgan fingerprint density at radius 2 is 1.80 bits per heavy atom. The number of rotatable bonds is 7. The summed E-state index contributed by atoms with van der Waals surface area (Å²) < 4.78 is 26.6. The summed E-state index contributed by atoms with van der Waals surface area (Å²) in [6, 6.07) is 13.2. The van der Waals surface area contributed by atoms with Crippen molar-refractivity contribution in [1.29, 1.82) is 0 Å². The van der Waals surface area contributed by atoms with Gasteiger partial charge in [-0.05, 0) is 24.3 Å². The van der Waals surface area contributed by atoms with Crippen LogP contribution < -0.4 is 22.6 Å². The molecule has 0 atom stereocenters. The van der Waals surface area contributed by atoms with Gasteiger partial charge in [-0.1, -0.05) is 24.3 Å². The molecule has 134 valence electrons. The number of nitrogens with zero attached hydrogens (tertiary/aromatic N) is 2. The first-order valence-corrected chi connectivity index (χ1v) is 7.72. The summed E-state index contributed by atoms with van der Waals surface area (Å²) in [6.07, 6.45) is 0. The van der Waals surface area contributed by atoms with Crippen LogP contribution in [0.5, 0.6) is 0 Å². The lowest BCUT2D eigenvalue weighted by Gasteiger charge is -2.16. The van der Waals surface area contributed by atoms with Crippen LogP contribution in [0.25, 0.3) is 0 Å². The van der Waals surface area contributed by atoms with Crippen LogP contribution in [0.2, 0.25) is 0 Å². The monoisotopic (exact) mass is 348 g/mol. The second-order valence-corrected chi connectivity index (χ2v) is 5.57. The van der Waals surface area contributed by atoms with Gasteiger partial charge in [0.2, 0.25) is 0 Å². The van der Waals surface area contributed by atoms with Gasteiger partial charge in [0.15, 0.2) is 5.84 Å². The summed E-state index contributed by atoms with van der Waals surface area (Å²) in [6.45, 7) is 1.58. The number of para-hydroxylation sites is 1. The van der Waals surface area contributed by atoms with Gasteiger partial charge in [0.05, 0.1) is 6.54 Å². The average molecular weight is 348 g/mol. The van der Waals surface area contributed by atoms with Crippen molar-refractivity contribution in [1.82, 2.24) is 5.12 Å². The van der Waals surface area contributed by atoms with E-state index in [9.17, 15) is 8.78 Å². The predicted molar refractivity (Wildman–Crippen MR) is 96.4 cm³/mol. The Labute approximate surface area is 145 Å². The Morgan fingerprint density at radius 1 is 1.16 bits per heavy atom. The van der Waals surface area contributed by atoms with E-state index < -0.39 is 5.92 Å². The fourth-order valence-electron chi connectivity index (χ4n) is 2.19. The van der Waals surface area contributed by atoms with E-state index in [-0.39, 0.29) is 11.4 Å². The molecule has 0 aliphatic carbocycles. The molecule has 0 heterocycles. The smallest absolute Gasteiger partial charge is 0.270 e. The van der Waals surface area contributed by atoms with E-state index in [4.69, 9.17) is 17.3 Å². The van der Waals surface area contributed by atoms with Gasteiger partial charge in [-0.2, -0.15) is 0 Å². The van der Waals surface area contributed by atoms with E-state index in [0.29, 0.717) is 30.0 Å². The summed E-state index contributed by atoms with van der Waals surface area (Å²) in [5.74, 6) is 3.02. The van der Waals surface area contributed by atoms with Crippen LogP contribution in [0.4, 0.5) is 20.2 Å². The number of amidine groups is 1. The number of nitrogens with two attached hydrogens (primary N) is 3. The van der Waals surface area contributed by atoms with Crippen molar-refractivity contribution in [3.63, 3.8) is 0 Å². The highest BCUT2D eigenvalue weighted by molar-refractivity contribution is 6.02. The highest BCUT2D eigenvalue weighted by atomic mass is 19.3. The van der Waals surface area contributed by atoms with Crippen LogP contribution in [0.15, 0.2) is 53.6 Å². The van der Waals surface area contributed by atoms with Gasteiger partial charge in [0.25, 0.3) is 5.92 Å². The number of hydrogen-bond acceptors (Lipinski definition) is 5. The van der Waals surface area contributed by atoms with E-state index >= 15 is 0 Å². The number of nitrogens with one attached hydrogen (secondary N) is 1. The Balaban J connectivity index is 2.23. The minimum Gasteiger partial charge on any atom is -0.382 e. The predicted octanol–water partition coefficient (Wildman–Crippen LogP) is 2.30. The lowest BCUT2D eigenvalue weighted by atomic mass is 10.1. The van der Waals surface area contributed by atoms with E-state index in [0.717, 1.165) is 6.92 Å². The summed E-state index contributed by atoms with van der Waals surface area (Å²) in [5.41, 5.74) is 13.4. The maximum Gasteiger partial charge on any atom is 0.270 e. The molecule has 2 rings (SSSR count). The van der Waals surface area contributed by atoms with E-state index in [1.807, 2.05) is 18.2 Å². The fraction of sp³-hybridized carbons (Fsp3) is 0.235. The highest BCUT2D eigenvalue weighted by Crippen LogP contribution is 2.29. The average Bonchev–Trinajstić information content (AvgIpc) is 2.55. The standard InChI is InChI=1S/C17H22F2N6/c1-17(18,19)12-6-8-13(9-7-12)23-15-5-3-2-4-14(15)16(21)24-25(22)11-10-20/h2-9,23H,10-11,20,22H2,1H3,(H2,21,24). The van der Waals surface area contributed by atoms with Crippen molar-refractivity contribution in [2.75, 3.05) is 18.4 Å². The maximum absolute atomic E-state index is 13.3. The van der Waals surface area contributed by atoms with Crippen molar-refractivity contribution < 1.29 is 8.78 Å². The van der Waals surface area contributed by atoms with Crippen LogP contribution in [-0.2, 0) is 5.92 Å². The Morgan fingerprint density at radius 3 is 2.40 bits per heavy atom.